The van der Waals surface area contributed by atoms with E-state index >= 15 is 0 Å². The van der Waals surface area contributed by atoms with Gasteiger partial charge in [-0.15, -0.1) is 11.3 Å². The average molecular weight is 262 g/mol. The predicted octanol–water partition coefficient (Wildman–Crippen LogP) is 2.85. The Hall–Kier alpha value is -1.52. The molecule has 3 nitrogen and oxygen atoms in total. The summed E-state index contributed by atoms with van der Waals surface area (Å²) in [5.41, 5.74) is 8.05. The fourth-order valence-electron chi connectivity index (χ4n) is 1.92. The largest absolute Gasteiger partial charge is 0.497 e. The summed E-state index contributed by atoms with van der Waals surface area (Å²) in [5.74, 6) is 0.861. The summed E-state index contributed by atoms with van der Waals surface area (Å²) in [4.78, 5) is 3.54. The highest BCUT2D eigenvalue weighted by Crippen LogP contribution is 2.27. The van der Waals surface area contributed by atoms with Crippen molar-refractivity contribution < 1.29 is 4.74 Å². The Morgan fingerprint density at radius 2 is 2.17 bits per heavy atom. The molecule has 1 aromatic carbocycles. The lowest BCUT2D eigenvalue weighted by molar-refractivity contribution is 0.414. The zero-order valence-electron chi connectivity index (χ0n) is 10.7. The molecule has 0 unspecified atom stereocenters. The van der Waals surface area contributed by atoms with Crippen molar-refractivity contribution in [1.29, 1.82) is 0 Å². The number of nitrogens with two attached hydrogens (primary N) is 1. The maximum atomic E-state index is 5.79. The van der Waals surface area contributed by atoms with Gasteiger partial charge in [0, 0.05) is 30.2 Å². The molecule has 0 amide bonds. The maximum Gasteiger partial charge on any atom is 0.120 e. The minimum atomic E-state index is 0.536. The van der Waals surface area contributed by atoms with Gasteiger partial charge < -0.3 is 15.4 Å². The molecule has 2 aromatic rings. The summed E-state index contributed by atoms with van der Waals surface area (Å²) in [6, 6.07) is 10.2. The smallest absolute Gasteiger partial charge is 0.120 e. The minimum Gasteiger partial charge on any atom is -0.497 e. The highest BCUT2D eigenvalue weighted by Gasteiger charge is 2.09. The van der Waals surface area contributed by atoms with E-state index in [-0.39, 0.29) is 0 Å². The topological polar surface area (TPSA) is 38.5 Å². The van der Waals surface area contributed by atoms with Gasteiger partial charge in [0.25, 0.3) is 0 Å². The van der Waals surface area contributed by atoms with Crippen LogP contribution in [0.5, 0.6) is 5.75 Å². The van der Waals surface area contributed by atoms with Gasteiger partial charge in [-0.2, -0.15) is 0 Å². The van der Waals surface area contributed by atoms with Gasteiger partial charge in [0.2, 0.25) is 0 Å². The third-order valence-corrected chi connectivity index (χ3v) is 3.76. The SMILES string of the molecule is COc1ccc(CN)c(N(C)Cc2cccs2)c1. The number of hydrogen-bond donors (Lipinski definition) is 1. The number of hydrogen-bond acceptors (Lipinski definition) is 4. The lowest BCUT2D eigenvalue weighted by atomic mass is 10.1. The summed E-state index contributed by atoms with van der Waals surface area (Å²) in [7, 11) is 3.76. The van der Waals surface area contributed by atoms with Crippen LogP contribution in [0.1, 0.15) is 10.4 Å². The van der Waals surface area contributed by atoms with E-state index in [1.165, 1.54) is 4.88 Å². The van der Waals surface area contributed by atoms with Gasteiger partial charge >= 0.3 is 0 Å². The second-order valence-electron chi connectivity index (χ2n) is 4.13. The van der Waals surface area contributed by atoms with Crippen LogP contribution in [-0.4, -0.2) is 14.2 Å². The summed E-state index contributed by atoms with van der Waals surface area (Å²) < 4.78 is 5.27. The van der Waals surface area contributed by atoms with E-state index < -0.39 is 0 Å². The van der Waals surface area contributed by atoms with E-state index in [9.17, 15) is 0 Å². The third-order valence-electron chi connectivity index (χ3n) is 2.90. The fraction of sp³-hybridized carbons (Fsp3) is 0.286. The van der Waals surface area contributed by atoms with Crippen molar-refractivity contribution in [3.05, 3.63) is 46.2 Å². The molecule has 2 N–H and O–H groups in total. The van der Waals surface area contributed by atoms with E-state index in [0.29, 0.717) is 6.54 Å². The number of anilines is 1. The van der Waals surface area contributed by atoms with Crippen LogP contribution >= 0.6 is 11.3 Å². The molecule has 18 heavy (non-hydrogen) atoms. The summed E-state index contributed by atoms with van der Waals surface area (Å²) in [6.07, 6.45) is 0. The molecule has 0 saturated carbocycles. The molecule has 4 heteroatoms. The number of methoxy groups -OCH3 is 1. The summed E-state index contributed by atoms with van der Waals surface area (Å²) in [6.45, 7) is 1.42. The normalized spacial score (nSPS) is 10.4. The van der Waals surface area contributed by atoms with Gasteiger partial charge in [0.1, 0.15) is 5.75 Å². The molecule has 0 saturated heterocycles. The molecule has 0 aliphatic carbocycles. The molecule has 1 heterocycles. The number of ether oxygens (including phenoxy) is 1. The van der Waals surface area contributed by atoms with Crippen molar-refractivity contribution in [2.24, 2.45) is 5.73 Å². The first kappa shape index (κ1) is 12.9. The number of thiophene rings is 1. The summed E-state index contributed by atoms with van der Waals surface area (Å²) >= 11 is 1.77. The first-order valence-electron chi connectivity index (χ1n) is 5.85. The van der Waals surface area contributed by atoms with Crippen LogP contribution in [0.25, 0.3) is 0 Å². The van der Waals surface area contributed by atoms with Crippen LogP contribution in [0.15, 0.2) is 35.7 Å². The van der Waals surface area contributed by atoms with Gasteiger partial charge in [-0.1, -0.05) is 12.1 Å². The Labute approximate surface area is 112 Å². The zero-order chi connectivity index (χ0) is 13.0. The van der Waals surface area contributed by atoms with Crippen molar-refractivity contribution >= 4 is 17.0 Å². The lowest BCUT2D eigenvalue weighted by Gasteiger charge is -2.22. The van der Waals surface area contributed by atoms with Crippen LogP contribution in [-0.2, 0) is 13.1 Å². The molecule has 2 rings (SSSR count). The molecular formula is C14H18N2OS. The molecular weight excluding hydrogens is 244 g/mol. The van der Waals surface area contributed by atoms with Crippen LogP contribution in [0.4, 0.5) is 5.69 Å². The summed E-state index contributed by atoms with van der Waals surface area (Å²) in [5, 5.41) is 2.10. The van der Waals surface area contributed by atoms with Crippen LogP contribution in [0, 0.1) is 0 Å². The molecule has 0 atom stereocenters. The monoisotopic (exact) mass is 262 g/mol. The third kappa shape index (κ3) is 2.83. The van der Waals surface area contributed by atoms with E-state index in [2.05, 4.69) is 29.5 Å². The van der Waals surface area contributed by atoms with Gasteiger partial charge in [-0.25, -0.2) is 0 Å². The van der Waals surface area contributed by atoms with E-state index in [0.717, 1.165) is 23.5 Å². The first-order chi connectivity index (χ1) is 8.74. The van der Waals surface area contributed by atoms with Crippen molar-refractivity contribution in [2.45, 2.75) is 13.1 Å². The number of rotatable bonds is 5. The van der Waals surface area contributed by atoms with E-state index in [1.54, 1.807) is 18.4 Å². The number of nitrogens with zero attached hydrogens (tertiary/aromatic N) is 1. The van der Waals surface area contributed by atoms with Crippen molar-refractivity contribution in [1.82, 2.24) is 0 Å². The Kier molecular flexibility index (Phi) is 4.23. The Morgan fingerprint density at radius 1 is 1.33 bits per heavy atom. The van der Waals surface area contributed by atoms with Gasteiger partial charge in [0.15, 0.2) is 0 Å². The van der Waals surface area contributed by atoms with E-state index in [4.69, 9.17) is 10.5 Å². The first-order valence-corrected chi connectivity index (χ1v) is 6.73. The van der Waals surface area contributed by atoms with Crippen molar-refractivity contribution in [3.63, 3.8) is 0 Å². The highest BCUT2D eigenvalue weighted by molar-refractivity contribution is 7.09. The molecule has 0 aliphatic rings. The lowest BCUT2D eigenvalue weighted by Crippen LogP contribution is -2.18. The van der Waals surface area contributed by atoms with Crippen molar-refractivity contribution in [2.75, 3.05) is 19.1 Å². The second-order valence-corrected chi connectivity index (χ2v) is 5.17. The van der Waals surface area contributed by atoms with Gasteiger partial charge in [-0.05, 0) is 23.1 Å². The van der Waals surface area contributed by atoms with Crippen LogP contribution in [0.2, 0.25) is 0 Å². The fourth-order valence-corrected chi connectivity index (χ4v) is 2.68. The van der Waals surface area contributed by atoms with Crippen LogP contribution < -0.4 is 15.4 Å². The second kappa shape index (κ2) is 5.89. The maximum absolute atomic E-state index is 5.79. The number of benzene rings is 1. The van der Waals surface area contributed by atoms with E-state index in [1.807, 2.05) is 18.2 Å². The Balaban J connectivity index is 2.24. The standard InChI is InChI=1S/C14H18N2OS/c1-16(10-13-4-3-7-18-13)14-8-12(17-2)6-5-11(14)9-15/h3-8H,9-10,15H2,1-2H3. The molecule has 1 aromatic heterocycles. The van der Waals surface area contributed by atoms with Crippen LogP contribution in [0.3, 0.4) is 0 Å². The molecule has 0 spiro atoms. The highest BCUT2D eigenvalue weighted by atomic mass is 32.1. The van der Waals surface area contributed by atoms with Crippen molar-refractivity contribution in [3.8, 4) is 5.75 Å². The molecule has 0 fully saturated rings. The molecule has 0 bridgehead atoms. The van der Waals surface area contributed by atoms with Gasteiger partial charge in [-0.3, -0.25) is 0 Å². The Bertz CT molecular complexity index is 497. The Morgan fingerprint density at radius 3 is 2.78 bits per heavy atom. The zero-order valence-corrected chi connectivity index (χ0v) is 11.5. The average Bonchev–Trinajstić information content (AvgIpc) is 2.90. The predicted molar refractivity (Wildman–Crippen MR) is 77.3 cm³/mol. The molecule has 0 aliphatic heterocycles. The molecule has 96 valence electrons. The quantitative estimate of drug-likeness (QED) is 0.900. The minimum absolute atomic E-state index is 0.536. The van der Waals surface area contributed by atoms with Gasteiger partial charge in [0.05, 0.1) is 13.7 Å². The molecule has 0 radical (unpaired) electrons.